The number of methoxy groups -OCH3 is 1. The predicted octanol–water partition coefficient (Wildman–Crippen LogP) is 3.50. The van der Waals surface area contributed by atoms with Crippen LogP contribution in [0.15, 0.2) is 60.9 Å². The van der Waals surface area contributed by atoms with Gasteiger partial charge in [-0.3, -0.25) is 4.79 Å². The fourth-order valence-electron chi connectivity index (χ4n) is 2.88. The van der Waals surface area contributed by atoms with Crippen molar-refractivity contribution in [1.82, 2.24) is 14.5 Å². The van der Waals surface area contributed by atoms with Crippen molar-refractivity contribution in [1.29, 1.82) is 0 Å². The Bertz CT molecular complexity index is 943. The third-order valence-electron chi connectivity index (χ3n) is 4.39. The van der Waals surface area contributed by atoms with Gasteiger partial charge in [0.15, 0.2) is 0 Å². The first-order valence-electron chi connectivity index (χ1n) is 8.86. The molecule has 3 rings (SSSR count). The van der Waals surface area contributed by atoms with Gasteiger partial charge in [-0.2, -0.15) is 0 Å². The van der Waals surface area contributed by atoms with Crippen molar-refractivity contribution in [2.45, 2.75) is 13.1 Å². The van der Waals surface area contributed by atoms with Gasteiger partial charge in [0, 0.05) is 31.6 Å². The summed E-state index contributed by atoms with van der Waals surface area (Å²) in [5.74, 6) is -0.759. The minimum atomic E-state index is -0.579. The standard InChI is InChI=1S/C21H21F2N3O2/c1-28-13-12-26(21(27)17-7-3-5-9-19(17)23)15-20-24-10-11-25(20)14-16-6-2-4-8-18(16)22/h2-11H,12-15H2,1H3. The Morgan fingerprint density at radius 1 is 1.11 bits per heavy atom. The molecular weight excluding hydrogens is 364 g/mol. The Morgan fingerprint density at radius 2 is 1.82 bits per heavy atom. The molecule has 0 N–H and O–H groups in total. The van der Waals surface area contributed by atoms with E-state index in [9.17, 15) is 13.6 Å². The van der Waals surface area contributed by atoms with Crippen molar-refractivity contribution in [2.24, 2.45) is 0 Å². The van der Waals surface area contributed by atoms with Gasteiger partial charge in [-0.1, -0.05) is 30.3 Å². The molecule has 2 aromatic carbocycles. The van der Waals surface area contributed by atoms with Crippen molar-refractivity contribution in [2.75, 3.05) is 20.3 Å². The number of hydrogen-bond donors (Lipinski definition) is 0. The molecule has 0 radical (unpaired) electrons. The van der Waals surface area contributed by atoms with Gasteiger partial charge in [-0.15, -0.1) is 0 Å². The van der Waals surface area contributed by atoms with Gasteiger partial charge in [-0.25, -0.2) is 13.8 Å². The van der Waals surface area contributed by atoms with Crippen molar-refractivity contribution in [3.05, 3.63) is 89.5 Å². The summed E-state index contributed by atoms with van der Waals surface area (Å²) < 4.78 is 34.9. The zero-order chi connectivity index (χ0) is 19.9. The average Bonchev–Trinajstić information content (AvgIpc) is 3.13. The fraction of sp³-hybridized carbons (Fsp3) is 0.238. The first kappa shape index (κ1) is 19.7. The van der Waals surface area contributed by atoms with Crippen LogP contribution < -0.4 is 0 Å². The number of carbonyl (C=O) groups is 1. The molecule has 0 aliphatic carbocycles. The highest BCUT2D eigenvalue weighted by atomic mass is 19.1. The lowest BCUT2D eigenvalue weighted by Crippen LogP contribution is -2.35. The largest absolute Gasteiger partial charge is 0.383 e. The molecule has 7 heteroatoms. The average molecular weight is 385 g/mol. The number of halogens is 2. The summed E-state index contributed by atoms with van der Waals surface area (Å²) in [7, 11) is 1.53. The molecule has 0 spiro atoms. The Hall–Kier alpha value is -3.06. The van der Waals surface area contributed by atoms with Crippen LogP contribution in [0.2, 0.25) is 0 Å². The number of ether oxygens (including phenoxy) is 1. The maximum Gasteiger partial charge on any atom is 0.257 e. The van der Waals surface area contributed by atoms with Crippen molar-refractivity contribution >= 4 is 5.91 Å². The van der Waals surface area contributed by atoms with Crippen LogP contribution in [0.1, 0.15) is 21.7 Å². The molecular formula is C21H21F2N3O2. The lowest BCUT2D eigenvalue weighted by molar-refractivity contribution is 0.0668. The molecule has 0 aliphatic heterocycles. The van der Waals surface area contributed by atoms with E-state index in [0.717, 1.165) is 0 Å². The molecule has 0 saturated carbocycles. The summed E-state index contributed by atoms with van der Waals surface area (Å²) in [5.41, 5.74) is 0.511. The lowest BCUT2D eigenvalue weighted by atomic mass is 10.2. The predicted molar refractivity (Wildman–Crippen MR) is 101 cm³/mol. The molecule has 0 unspecified atom stereocenters. The Balaban J connectivity index is 1.82. The Morgan fingerprint density at radius 3 is 2.54 bits per heavy atom. The van der Waals surface area contributed by atoms with Gasteiger partial charge in [0.1, 0.15) is 17.5 Å². The van der Waals surface area contributed by atoms with Crippen LogP contribution >= 0.6 is 0 Å². The maximum absolute atomic E-state index is 14.1. The number of imidazole rings is 1. The molecule has 1 heterocycles. The second kappa shape index (κ2) is 9.23. The van der Waals surface area contributed by atoms with Crippen LogP contribution in [-0.4, -0.2) is 40.6 Å². The van der Waals surface area contributed by atoms with E-state index in [2.05, 4.69) is 4.98 Å². The molecule has 0 saturated heterocycles. The highest BCUT2D eigenvalue weighted by Crippen LogP contribution is 2.15. The highest BCUT2D eigenvalue weighted by Gasteiger charge is 2.21. The lowest BCUT2D eigenvalue weighted by Gasteiger charge is -2.23. The van der Waals surface area contributed by atoms with Crippen molar-refractivity contribution in [3.8, 4) is 0 Å². The van der Waals surface area contributed by atoms with Gasteiger partial charge < -0.3 is 14.2 Å². The van der Waals surface area contributed by atoms with Crippen LogP contribution in [-0.2, 0) is 17.8 Å². The number of amides is 1. The molecule has 0 fully saturated rings. The molecule has 3 aromatic rings. The smallest absolute Gasteiger partial charge is 0.257 e. The van der Waals surface area contributed by atoms with Gasteiger partial charge in [0.2, 0.25) is 0 Å². The first-order valence-corrected chi connectivity index (χ1v) is 8.86. The molecule has 28 heavy (non-hydrogen) atoms. The highest BCUT2D eigenvalue weighted by molar-refractivity contribution is 5.94. The van der Waals surface area contributed by atoms with E-state index in [-0.39, 0.29) is 31.0 Å². The number of benzene rings is 2. The Labute approximate surface area is 162 Å². The number of carbonyl (C=O) groups excluding carboxylic acids is 1. The summed E-state index contributed by atoms with van der Waals surface area (Å²) in [5, 5.41) is 0. The van der Waals surface area contributed by atoms with E-state index in [1.807, 2.05) is 0 Å². The minimum Gasteiger partial charge on any atom is -0.383 e. The van der Waals surface area contributed by atoms with Crippen LogP contribution in [0, 0.1) is 11.6 Å². The number of nitrogens with zero attached hydrogens (tertiary/aromatic N) is 3. The number of hydrogen-bond acceptors (Lipinski definition) is 3. The van der Waals surface area contributed by atoms with Crippen molar-refractivity contribution < 1.29 is 18.3 Å². The molecule has 5 nitrogen and oxygen atoms in total. The second-order valence-corrected chi connectivity index (χ2v) is 6.26. The van der Waals surface area contributed by atoms with Gasteiger partial charge in [-0.05, 0) is 18.2 Å². The van der Waals surface area contributed by atoms with Crippen LogP contribution in [0.4, 0.5) is 8.78 Å². The molecule has 146 valence electrons. The molecule has 1 aromatic heterocycles. The summed E-state index contributed by atoms with van der Waals surface area (Å²) in [4.78, 5) is 18.6. The number of aromatic nitrogens is 2. The molecule has 0 aliphatic rings. The fourth-order valence-corrected chi connectivity index (χ4v) is 2.88. The van der Waals surface area contributed by atoms with E-state index in [1.54, 1.807) is 41.2 Å². The Kier molecular flexibility index (Phi) is 6.49. The summed E-state index contributed by atoms with van der Waals surface area (Å²) in [6.07, 6.45) is 3.32. The molecule has 0 bridgehead atoms. The maximum atomic E-state index is 14.1. The SMILES string of the molecule is COCCN(Cc1nccn1Cc1ccccc1F)C(=O)c1ccccc1F. The van der Waals surface area contributed by atoms with E-state index in [4.69, 9.17) is 4.74 Å². The number of rotatable bonds is 8. The van der Waals surface area contributed by atoms with E-state index >= 15 is 0 Å². The zero-order valence-electron chi connectivity index (χ0n) is 15.5. The topological polar surface area (TPSA) is 47.4 Å². The van der Waals surface area contributed by atoms with Gasteiger partial charge in [0.05, 0.1) is 25.3 Å². The third-order valence-corrected chi connectivity index (χ3v) is 4.39. The molecule has 0 atom stereocenters. The second-order valence-electron chi connectivity index (χ2n) is 6.26. The zero-order valence-corrected chi connectivity index (χ0v) is 15.5. The minimum absolute atomic E-state index is 0.00851. The summed E-state index contributed by atoms with van der Waals surface area (Å²) in [6.45, 7) is 1.01. The van der Waals surface area contributed by atoms with Crippen molar-refractivity contribution in [3.63, 3.8) is 0 Å². The van der Waals surface area contributed by atoms with Crippen LogP contribution in [0.25, 0.3) is 0 Å². The third kappa shape index (κ3) is 4.61. The monoisotopic (exact) mass is 385 g/mol. The van der Waals surface area contributed by atoms with Crippen LogP contribution in [0.5, 0.6) is 0 Å². The van der Waals surface area contributed by atoms with E-state index < -0.39 is 11.7 Å². The van der Waals surface area contributed by atoms with Crippen LogP contribution in [0.3, 0.4) is 0 Å². The normalized spacial score (nSPS) is 10.8. The van der Waals surface area contributed by atoms with Gasteiger partial charge in [0.25, 0.3) is 5.91 Å². The summed E-state index contributed by atoms with van der Waals surface area (Å²) >= 11 is 0. The quantitative estimate of drug-likeness (QED) is 0.596. The first-order chi connectivity index (χ1) is 13.6. The van der Waals surface area contributed by atoms with E-state index in [0.29, 0.717) is 18.0 Å². The molecule has 1 amide bonds. The van der Waals surface area contributed by atoms with E-state index in [1.165, 1.54) is 36.3 Å². The van der Waals surface area contributed by atoms with Gasteiger partial charge >= 0.3 is 0 Å². The summed E-state index contributed by atoms with van der Waals surface area (Å²) in [6, 6.07) is 12.3.